The van der Waals surface area contributed by atoms with Crippen LogP contribution in [0, 0.1) is 5.82 Å². The van der Waals surface area contributed by atoms with E-state index in [1.54, 1.807) is 0 Å². The molecule has 13 heteroatoms. The summed E-state index contributed by atoms with van der Waals surface area (Å²) in [5.74, 6) is -1.46. The molecule has 0 saturated carbocycles. The highest BCUT2D eigenvalue weighted by atomic mass is 32.2. The molecule has 32 heavy (non-hydrogen) atoms. The van der Waals surface area contributed by atoms with Crippen LogP contribution in [-0.4, -0.2) is 43.7 Å². The number of nitrogens with two attached hydrogens (primary N) is 2. The van der Waals surface area contributed by atoms with E-state index in [1.807, 2.05) is 0 Å². The summed E-state index contributed by atoms with van der Waals surface area (Å²) in [6.07, 6.45) is 2.57. The molecule has 0 saturated heterocycles. The van der Waals surface area contributed by atoms with Gasteiger partial charge in [0.1, 0.15) is 24.3 Å². The molecule has 0 spiro atoms. The largest absolute Gasteiger partial charge is 0.370 e. The van der Waals surface area contributed by atoms with E-state index < -0.39 is 39.9 Å². The van der Waals surface area contributed by atoms with Crippen molar-refractivity contribution < 1.29 is 22.4 Å². The maximum atomic E-state index is 13.3. The molecule has 2 aromatic rings. The Morgan fingerprint density at radius 3 is 2.66 bits per heavy atom. The van der Waals surface area contributed by atoms with E-state index in [4.69, 9.17) is 11.5 Å². The molecule has 0 radical (unpaired) electrons. The standard InChI is InChI=1S/C19H23FN6O5S/c20-13-4-1-6-15(10-13)32(30,31)25-16-7-3-9-26(18(16)29)11-17(28)24-14(12-27)5-2-8-23-19(21)22/h1,3-4,6-7,9-10,12,14,25H,2,5,8,11H2,(H,24,28)(H4,21,22,23)/t14-/m0/s1. The second kappa shape index (κ2) is 11.0. The van der Waals surface area contributed by atoms with Crippen LogP contribution >= 0.6 is 0 Å². The Labute approximate surface area is 183 Å². The van der Waals surface area contributed by atoms with E-state index in [9.17, 15) is 27.2 Å². The molecule has 0 aliphatic carbocycles. The summed E-state index contributed by atoms with van der Waals surface area (Å²) < 4.78 is 41.3. The highest BCUT2D eigenvalue weighted by molar-refractivity contribution is 7.92. The Kier molecular flexibility index (Phi) is 8.46. The Bertz CT molecular complexity index is 1160. The number of anilines is 1. The zero-order valence-electron chi connectivity index (χ0n) is 16.9. The van der Waals surface area contributed by atoms with Crippen LogP contribution in [0.3, 0.4) is 0 Å². The van der Waals surface area contributed by atoms with Crippen molar-refractivity contribution >= 4 is 33.9 Å². The van der Waals surface area contributed by atoms with Crippen molar-refractivity contribution in [3.05, 3.63) is 58.8 Å². The van der Waals surface area contributed by atoms with Gasteiger partial charge in [0.15, 0.2) is 5.96 Å². The van der Waals surface area contributed by atoms with Gasteiger partial charge in [0.2, 0.25) is 5.91 Å². The predicted molar refractivity (Wildman–Crippen MR) is 116 cm³/mol. The first kappa shape index (κ1) is 24.5. The molecule has 11 nitrogen and oxygen atoms in total. The van der Waals surface area contributed by atoms with Gasteiger partial charge < -0.3 is 26.1 Å². The van der Waals surface area contributed by atoms with Gasteiger partial charge in [-0.05, 0) is 43.2 Å². The number of nitrogens with one attached hydrogen (secondary N) is 2. The summed E-state index contributed by atoms with van der Waals surface area (Å²) in [7, 11) is -4.22. The number of benzene rings is 1. The van der Waals surface area contributed by atoms with Crippen LogP contribution in [-0.2, 0) is 26.2 Å². The Hall–Kier alpha value is -3.74. The lowest BCUT2D eigenvalue weighted by atomic mass is 10.2. The van der Waals surface area contributed by atoms with E-state index in [-0.39, 0.29) is 29.5 Å². The molecular formula is C19H23FN6O5S. The van der Waals surface area contributed by atoms with Gasteiger partial charge in [0, 0.05) is 12.7 Å². The predicted octanol–water partition coefficient (Wildman–Crippen LogP) is -0.474. The molecule has 1 heterocycles. The first-order valence-corrected chi connectivity index (χ1v) is 10.9. The first-order chi connectivity index (χ1) is 15.1. The first-order valence-electron chi connectivity index (χ1n) is 9.40. The highest BCUT2D eigenvalue weighted by Crippen LogP contribution is 2.14. The van der Waals surface area contributed by atoms with Gasteiger partial charge >= 0.3 is 0 Å². The third-order valence-electron chi connectivity index (χ3n) is 4.16. The van der Waals surface area contributed by atoms with E-state index in [2.05, 4.69) is 15.0 Å². The number of rotatable bonds is 11. The molecule has 1 amide bonds. The maximum absolute atomic E-state index is 13.3. The Morgan fingerprint density at radius 2 is 2.00 bits per heavy atom. The SMILES string of the molecule is NC(N)=NCCC[C@@H](C=O)NC(=O)Cn1cccc(NS(=O)(=O)c2cccc(F)c2)c1=O. The Balaban J connectivity index is 2.07. The smallest absolute Gasteiger partial charge is 0.275 e. The summed E-state index contributed by atoms with van der Waals surface area (Å²) in [6.45, 7) is -0.165. The molecular weight excluding hydrogens is 443 g/mol. The number of hydrogen-bond acceptors (Lipinski definition) is 6. The van der Waals surface area contributed by atoms with Gasteiger partial charge in [0.05, 0.1) is 10.9 Å². The van der Waals surface area contributed by atoms with Crippen LogP contribution < -0.4 is 27.1 Å². The van der Waals surface area contributed by atoms with Crippen LogP contribution in [0.15, 0.2) is 57.3 Å². The van der Waals surface area contributed by atoms with E-state index in [0.29, 0.717) is 12.7 Å². The summed E-state index contributed by atoms with van der Waals surface area (Å²) >= 11 is 0. The molecule has 0 aliphatic heterocycles. The minimum atomic E-state index is -4.22. The van der Waals surface area contributed by atoms with Crippen molar-refractivity contribution in [1.82, 2.24) is 9.88 Å². The summed E-state index contributed by atoms with van der Waals surface area (Å²) in [5.41, 5.74) is 9.30. The van der Waals surface area contributed by atoms with Gasteiger partial charge in [-0.2, -0.15) is 0 Å². The van der Waals surface area contributed by atoms with Crippen LogP contribution in [0.25, 0.3) is 0 Å². The van der Waals surface area contributed by atoms with Crippen molar-refractivity contribution in [1.29, 1.82) is 0 Å². The monoisotopic (exact) mass is 466 g/mol. The number of sulfonamides is 1. The number of pyridine rings is 1. The lowest BCUT2D eigenvalue weighted by Gasteiger charge is -2.14. The fraction of sp³-hybridized carbons (Fsp3) is 0.263. The fourth-order valence-corrected chi connectivity index (χ4v) is 3.77. The molecule has 0 unspecified atom stereocenters. The molecule has 1 aromatic heterocycles. The van der Waals surface area contributed by atoms with Crippen LogP contribution in [0.5, 0.6) is 0 Å². The maximum Gasteiger partial charge on any atom is 0.275 e. The normalized spacial score (nSPS) is 11.9. The van der Waals surface area contributed by atoms with Crippen molar-refractivity contribution in [2.24, 2.45) is 16.5 Å². The van der Waals surface area contributed by atoms with Gasteiger partial charge in [-0.25, -0.2) is 12.8 Å². The number of carbonyl (C=O) groups is 2. The number of nitrogens with zero attached hydrogens (tertiary/aromatic N) is 2. The average Bonchev–Trinajstić information content (AvgIpc) is 2.73. The zero-order valence-corrected chi connectivity index (χ0v) is 17.7. The van der Waals surface area contributed by atoms with Gasteiger partial charge in [0.25, 0.3) is 15.6 Å². The molecule has 172 valence electrons. The van der Waals surface area contributed by atoms with Crippen molar-refractivity contribution in [3.63, 3.8) is 0 Å². The minimum absolute atomic E-state index is 0.0797. The molecule has 6 N–H and O–H groups in total. The van der Waals surface area contributed by atoms with Crippen molar-refractivity contribution in [3.8, 4) is 0 Å². The quantitative estimate of drug-likeness (QED) is 0.149. The number of amides is 1. The number of aromatic nitrogens is 1. The van der Waals surface area contributed by atoms with E-state index in [1.165, 1.54) is 30.5 Å². The summed E-state index contributed by atoms with van der Waals surface area (Å²) in [6, 6.07) is 6.06. The molecule has 2 rings (SSSR count). The van der Waals surface area contributed by atoms with E-state index in [0.717, 1.165) is 16.7 Å². The topological polar surface area (TPSA) is 179 Å². The average molecular weight is 466 g/mol. The number of halogens is 1. The number of aliphatic imine (C=N–C) groups is 1. The van der Waals surface area contributed by atoms with E-state index >= 15 is 0 Å². The molecule has 0 bridgehead atoms. The molecule has 1 atom stereocenters. The number of guanidine groups is 1. The minimum Gasteiger partial charge on any atom is -0.370 e. The number of carbonyl (C=O) groups excluding carboxylic acids is 2. The van der Waals surface area contributed by atoms with Crippen LogP contribution in [0.1, 0.15) is 12.8 Å². The summed E-state index contributed by atoms with van der Waals surface area (Å²) in [4.78, 5) is 39.4. The molecule has 0 aliphatic rings. The third kappa shape index (κ3) is 7.19. The summed E-state index contributed by atoms with van der Waals surface area (Å²) in [5, 5.41) is 2.47. The third-order valence-corrected chi connectivity index (χ3v) is 5.53. The molecule has 0 fully saturated rings. The van der Waals surface area contributed by atoms with Gasteiger partial charge in [-0.1, -0.05) is 6.07 Å². The highest BCUT2D eigenvalue weighted by Gasteiger charge is 2.18. The lowest BCUT2D eigenvalue weighted by Crippen LogP contribution is -2.40. The van der Waals surface area contributed by atoms with Crippen LogP contribution in [0.2, 0.25) is 0 Å². The van der Waals surface area contributed by atoms with Gasteiger partial charge in [-0.3, -0.25) is 19.3 Å². The Morgan fingerprint density at radius 1 is 1.25 bits per heavy atom. The lowest BCUT2D eigenvalue weighted by molar-refractivity contribution is -0.124. The van der Waals surface area contributed by atoms with Crippen LogP contribution in [0.4, 0.5) is 10.1 Å². The van der Waals surface area contributed by atoms with Crippen molar-refractivity contribution in [2.75, 3.05) is 11.3 Å². The second-order valence-corrected chi connectivity index (χ2v) is 8.36. The second-order valence-electron chi connectivity index (χ2n) is 6.68. The fourth-order valence-electron chi connectivity index (χ4n) is 2.68. The zero-order chi connectivity index (χ0) is 23.7. The van der Waals surface area contributed by atoms with Crippen molar-refractivity contribution in [2.45, 2.75) is 30.3 Å². The number of aldehydes is 1. The number of hydrogen-bond donors (Lipinski definition) is 4. The molecule has 1 aromatic carbocycles. The van der Waals surface area contributed by atoms with Gasteiger partial charge in [-0.15, -0.1) is 0 Å².